The molecule has 150 valence electrons. The molecule has 0 atom stereocenters. The van der Waals surface area contributed by atoms with Gasteiger partial charge in [0.05, 0.1) is 29.1 Å². The quantitative estimate of drug-likeness (QED) is 0.541. The molecule has 0 saturated heterocycles. The molecule has 3 rings (SSSR count). The van der Waals surface area contributed by atoms with E-state index < -0.39 is 10.0 Å². The van der Waals surface area contributed by atoms with Gasteiger partial charge in [0, 0.05) is 7.11 Å². The molecule has 29 heavy (non-hydrogen) atoms. The van der Waals surface area contributed by atoms with E-state index in [1.54, 1.807) is 43.5 Å². The number of nitrogen functional groups attached to an aromatic ring is 1. The smallest absolute Gasteiger partial charge is 0.261 e. The number of para-hydroxylation sites is 2. The molecule has 0 unspecified atom stereocenters. The van der Waals surface area contributed by atoms with Gasteiger partial charge in [-0.25, -0.2) is 13.1 Å². The van der Waals surface area contributed by atoms with Crippen molar-refractivity contribution in [2.45, 2.75) is 4.90 Å². The van der Waals surface area contributed by atoms with Crippen LogP contribution in [0.1, 0.15) is 5.56 Å². The Balaban J connectivity index is 1.86. The molecule has 3 aromatic rings. The Bertz CT molecular complexity index is 1130. The van der Waals surface area contributed by atoms with Gasteiger partial charge in [-0.05, 0) is 36.4 Å². The Hall–Kier alpha value is -3.55. The van der Waals surface area contributed by atoms with E-state index >= 15 is 0 Å². The lowest BCUT2D eigenvalue weighted by Gasteiger charge is -2.14. The van der Waals surface area contributed by atoms with Crippen molar-refractivity contribution in [2.24, 2.45) is 0 Å². The molecule has 0 aliphatic heterocycles. The average Bonchev–Trinajstić information content (AvgIpc) is 3.09. The summed E-state index contributed by atoms with van der Waals surface area (Å²) in [6.45, 7) is 0.798. The van der Waals surface area contributed by atoms with Gasteiger partial charge >= 0.3 is 0 Å². The third-order valence-corrected chi connectivity index (χ3v) is 5.38. The third-order valence-electron chi connectivity index (χ3n) is 3.99. The Morgan fingerprint density at radius 2 is 1.90 bits per heavy atom. The first-order valence-electron chi connectivity index (χ1n) is 8.54. The summed E-state index contributed by atoms with van der Waals surface area (Å²) in [7, 11) is -2.30. The minimum Gasteiger partial charge on any atom is -0.491 e. The number of aromatic nitrogens is 2. The number of hydrogen-bond donors (Lipinski definition) is 2. The van der Waals surface area contributed by atoms with Gasteiger partial charge in [0.15, 0.2) is 0 Å². The van der Waals surface area contributed by atoms with Gasteiger partial charge in [0.1, 0.15) is 29.8 Å². The van der Waals surface area contributed by atoms with E-state index in [9.17, 15) is 8.42 Å². The molecule has 0 aliphatic rings. The highest BCUT2D eigenvalue weighted by molar-refractivity contribution is 7.92. The summed E-state index contributed by atoms with van der Waals surface area (Å²) in [5.41, 5.74) is 6.80. The molecule has 2 aromatic carbocycles. The fraction of sp³-hybridized carbons (Fsp3) is 0.158. The van der Waals surface area contributed by atoms with E-state index in [1.807, 2.05) is 6.07 Å². The van der Waals surface area contributed by atoms with Crippen molar-refractivity contribution in [3.05, 3.63) is 60.3 Å². The van der Waals surface area contributed by atoms with Crippen LogP contribution in [0.25, 0.3) is 5.69 Å². The molecule has 0 saturated carbocycles. The van der Waals surface area contributed by atoms with Crippen LogP contribution < -0.4 is 15.2 Å². The molecule has 1 aromatic heterocycles. The van der Waals surface area contributed by atoms with Crippen LogP contribution in [-0.4, -0.2) is 38.5 Å². The highest BCUT2D eigenvalue weighted by atomic mass is 32.2. The monoisotopic (exact) mass is 413 g/mol. The number of anilines is 2. The van der Waals surface area contributed by atoms with Crippen molar-refractivity contribution in [3.63, 3.8) is 0 Å². The van der Waals surface area contributed by atoms with Crippen molar-refractivity contribution < 1.29 is 17.9 Å². The Morgan fingerprint density at radius 3 is 2.55 bits per heavy atom. The number of benzene rings is 2. The lowest BCUT2D eigenvalue weighted by atomic mass is 10.2. The number of nitrogens with two attached hydrogens (primary N) is 1. The van der Waals surface area contributed by atoms with E-state index in [-0.39, 0.29) is 22.0 Å². The second-order valence-corrected chi connectivity index (χ2v) is 7.58. The number of methoxy groups -OCH3 is 1. The standard InChI is InChI=1S/C19H19N5O4S/c1-27-10-11-28-15-6-8-16(9-7-15)29(25,26)23-17-4-2-3-5-18(17)24-19(21)14(12-20)13-22-24/h2-9,13,23H,10-11,21H2,1H3. The molecule has 0 radical (unpaired) electrons. The number of hydrogen-bond acceptors (Lipinski definition) is 7. The van der Waals surface area contributed by atoms with E-state index in [1.165, 1.54) is 23.0 Å². The first-order chi connectivity index (χ1) is 14.0. The second-order valence-electron chi connectivity index (χ2n) is 5.90. The Morgan fingerprint density at radius 1 is 1.17 bits per heavy atom. The summed E-state index contributed by atoms with van der Waals surface area (Å²) in [5.74, 6) is 0.659. The van der Waals surface area contributed by atoms with Crippen LogP contribution in [0.2, 0.25) is 0 Å². The van der Waals surface area contributed by atoms with Crippen molar-refractivity contribution in [3.8, 4) is 17.5 Å². The summed E-state index contributed by atoms with van der Waals surface area (Å²) in [4.78, 5) is 0.0672. The molecule has 0 spiro atoms. The maximum Gasteiger partial charge on any atom is 0.261 e. The SMILES string of the molecule is COCCOc1ccc(S(=O)(=O)Nc2ccccc2-n2ncc(C#N)c2N)cc1. The molecule has 0 amide bonds. The topological polar surface area (TPSA) is 132 Å². The molecule has 1 heterocycles. The van der Waals surface area contributed by atoms with Crippen molar-refractivity contribution in [1.29, 1.82) is 5.26 Å². The van der Waals surface area contributed by atoms with Gasteiger partial charge in [-0.2, -0.15) is 10.4 Å². The highest BCUT2D eigenvalue weighted by Crippen LogP contribution is 2.26. The van der Waals surface area contributed by atoms with Crippen molar-refractivity contribution in [2.75, 3.05) is 30.8 Å². The fourth-order valence-corrected chi connectivity index (χ4v) is 3.62. The summed E-state index contributed by atoms with van der Waals surface area (Å²) >= 11 is 0. The Kier molecular flexibility index (Phi) is 6.01. The molecular weight excluding hydrogens is 394 g/mol. The lowest BCUT2D eigenvalue weighted by Crippen LogP contribution is -2.15. The fourth-order valence-electron chi connectivity index (χ4n) is 2.54. The number of nitrogens with one attached hydrogen (secondary N) is 1. The number of ether oxygens (including phenoxy) is 2. The molecular formula is C19H19N5O4S. The largest absolute Gasteiger partial charge is 0.491 e. The minimum atomic E-state index is -3.87. The van der Waals surface area contributed by atoms with E-state index in [4.69, 9.17) is 20.5 Å². The van der Waals surface area contributed by atoms with Gasteiger partial charge in [-0.15, -0.1) is 0 Å². The lowest BCUT2D eigenvalue weighted by molar-refractivity contribution is 0.146. The summed E-state index contributed by atoms with van der Waals surface area (Å²) in [6, 6.07) is 14.6. The van der Waals surface area contributed by atoms with Crippen molar-refractivity contribution in [1.82, 2.24) is 9.78 Å². The predicted molar refractivity (Wildman–Crippen MR) is 107 cm³/mol. The first-order valence-corrected chi connectivity index (χ1v) is 10.0. The third kappa shape index (κ3) is 4.48. The molecule has 0 fully saturated rings. The molecule has 9 nitrogen and oxygen atoms in total. The van der Waals surface area contributed by atoms with Crippen LogP contribution >= 0.6 is 0 Å². The predicted octanol–water partition coefficient (Wildman–Crippen LogP) is 2.15. The number of nitrogens with zero attached hydrogens (tertiary/aromatic N) is 3. The van der Waals surface area contributed by atoms with Crippen molar-refractivity contribution >= 4 is 21.5 Å². The number of sulfonamides is 1. The van der Waals surface area contributed by atoms with Gasteiger partial charge in [-0.1, -0.05) is 12.1 Å². The van der Waals surface area contributed by atoms with Gasteiger partial charge < -0.3 is 15.2 Å². The maximum atomic E-state index is 12.8. The van der Waals surface area contributed by atoms with E-state index in [0.29, 0.717) is 24.7 Å². The average molecular weight is 413 g/mol. The van der Waals surface area contributed by atoms with Crippen LogP contribution in [-0.2, 0) is 14.8 Å². The highest BCUT2D eigenvalue weighted by Gasteiger charge is 2.18. The number of rotatable bonds is 8. The normalized spacial score (nSPS) is 11.0. The Labute approximate surface area is 168 Å². The zero-order valence-corrected chi connectivity index (χ0v) is 16.4. The first kappa shape index (κ1) is 20.2. The van der Waals surface area contributed by atoms with Crippen LogP contribution in [0.15, 0.2) is 59.6 Å². The van der Waals surface area contributed by atoms with E-state index in [0.717, 1.165) is 0 Å². The van der Waals surface area contributed by atoms with Crippen LogP contribution in [0.4, 0.5) is 11.5 Å². The van der Waals surface area contributed by atoms with E-state index in [2.05, 4.69) is 9.82 Å². The van der Waals surface area contributed by atoms with Crippen LogP contribution in [0.3, 0.4) is 0 Å². The summed E-state index contributed by atoms with van der Waals surface area (Å²) in [6.07, 6.45) is 1.32. The van der Waals surface area contributed by atoms with Gasteiger partial charge in [0.2, 0.25) is 0 Å². The minimum absolute atomic E-state index is 0.0672. The summed E-state index contributed by atoms with van der Waals surface area (Å²) in [5, 5.41) is 13.1. The number of nitriles is 1. The van der Waals surface area contributed by atoms with Crippen LogP contribution in [0, 0.1) is 11.3 Å². The molecule has 0 bridgehead atoms. The second kappa shape index (κ2) is 8.64. The molecule has 0 aliphatic carbocycles. The van der Waals surface area contributed by atoms with Gasteiger partial charge in [0.25, 0.3) is 10.0 Å². The zero-order chi connectivity index (χ0) is 20.9. The van der Waals surface area contributed by atoms with Crippen LogP contribution in [0.5, 0.6) is 5.75 Å². The molecule has 10 heteroatoms. The zero-order valence-electron chi connectivity index (χ0n) is 15.6. The maximum absolute atomic E-state index is 12.8. The molecule has 3 N–H and O–H groups in total. The summed E-state index contributed by atoms with van der Waals surface area (Å²) < 4.78 is 39.8. The van der Waals surface area contributed by atoms with Gasteiger partial charge in [-0.3, -0.25) is 4.72 Å².